The molecule has 0 aliphatic carbocycles. The lowest BCUT2D eigenvalue weighted by molar-refractivity contribution is 0.218. The first kappa shape index (κ1) is 20.0. The van der Waals surface area contributed by atoms with Gasteiger partial charge in [-0.2, -0.15) is 5.10 Å². The van der Waals surface area contributed by atoms with Crippen LogP contribution >= 0.6 is 24.8 Å². The van der Waals surface area contributed by atoms with Gasteiger partial charge in [-0.1, -0.05) is 13.8 Å². The van der Waals surface area contributed by atoms with Crippen LogP contribution in [0.2, 0.25) is 0 Å². The summed E-state index contributed by atoms with van der Waals surface area (Å²) in [5.74, 6) is 0. The van der Waals surface area contributed by atoms with E-state index in [-0.39, 0.29) is 30.2 Å². The molecule has 1 rings (SSSR count). The van der Waals surface area contributed by atoms with Gasteiger partial charge < -0.3 is 10.6 Å². The maximum Gasteiger partial charge on any atom is 0.0522 e. The molecule has 0 aliphatic rings. The number of hydrogen-bond acceptors (Lipinski definition) is 3. The van der Waals surface area contributed by atoms with Crippen molar-refractivity contribution in [1.82, 2.24) is 14.7 Å². The van der Waals surface area contributed by atoms with E-state index in [2.05, 4.69) is 37.1 Å². The lowest BCUT2D eigenvalue weighted by Crippen LogP contribution is -2.37. The number of nitrogens with zero attached hydrogens (tertiary/aromatic N) is 3. The van der Waals surface area contributed by atoms with E-state index in [1.807, 2.05) is 17.9 Å². The van der Waals surface area contributed by atoms with Crippen molar-refractivity contribution in [3.63, 3.8) is 0 Å². The zero-order valence-corrected chi connectivity index (χ0v) is 13.4. The highest BCUT2D eigenvalue weighted by Crippen LogP contribution is 2.14. The van der Waals surface area contributed by atoms with Gasteiger partial charge >= 0.3 is 0 Å². The summed E-state index contributed by atoms with van der Waals surface area (Å²) in [6.45, 7) is 7.21. The van der Waals surface area contributed by atoms with Crippen LogP contribution in [0.3, 0.4) is 0 Å². The van der Waals surface area contributed by atoms with E-state index in [9.17, 15) is 0 Å². The van der Waals surface area contributed by atoms with Gasteiger partial charge in [0.05, 0.1) is 6.20 Å². The second-order valence-corrected chi connectivity index (χ2v) is 5.38. The van der Waals surface area contributed by atoms with Crippen molar-refractivity contribution in [2.75, 3.05) is 26.7 Å². The third kappa shape index (κ3) is 7.21. The Morgan fingerprint density at radius 1 is 1.39 bits per heavy atom. The minimum Gasteiger partial charge on any atom is -0.330 e. The van der Waals surface area contributed by atoms with Crippen LogP contribution in [0.15, 0.2) is 12.4 Å². The van der Waals surface area contributed by atoms with E-state index >= 15 is 0 Å². The van der Waals surface area contributed by atoms with E-state index in [0.29, 0.717) is 0 Å². The molecule has 0 unspecified atom stereocenters. The summed E-state index contributed by atoms with van der Waals surface area (Å²) in [4.78, 5) is 2.33. The van der Waals surface area contributed by atoms with Crippen LogP contribution in [-0.4, -0.2) is 41.4 Å². The Hall–Kier alpha value is -0.290. The smallest absolute Gasteiger partial charge is 0.0522 e. The van der Waals surface area contributed by atoms with Gasteiger partial charge in [0.1, 0.15) is 0 Å². The number of likely N-dealkylation sites (N-methyl/N-ethyl adjacent to an activating group) is 1. The molecule has 0 aromatic carbocycles. The molecule has 0 fully saturated rings. The quantitative estimate of drug-likeness (QED) is 0.870. The molecule has 1 aromatic heterocycles. The Labute approximate surface area is 123 Å². The maximum absolute atomic E-state index is 5.73. The highest BCUT2D eigenvalue weighted by Gasteiger charge is 2.17. The van der Waals surface area contributed by atoms with Crippen molar-refractivity contribution < 1.29 is 0 Å². The van der Waals surface area contributed by atoms with Gasteiger partial charge in [-0.15, -0.1) is 24.8 Å². The molecule has 2 N–H and O–H groups in total. The van der Waals surface area contributed by atoms with E-state index in [4.69, 9.17) is 5.73 Å². The second-order valence-electron chi connectivity index (χ2n) is 5.38. The molecule has 18 heavy (non-hydrogen) atoms. The fraction of sp³-hybridized carbons (Fsp3) is 0.750. The topological polar surface area (TPSA) is 47.1 Å². The van der Waals surface area contributed by atoms with Gasteiger partial charge in [0.15, 0.2) is 0 Å². The van der Waals surface area contributed by atoms with Gasteiger partial charge in [0, 0.05) is 26.3 Å². The van der Waals surface area contributed by atoms with Gasteiger partial charge in [-0.25, -0.2) is 0 Å². The third-order valence-electron chi connectivity index (χ3n) is 2.79. The van der Waals surface area contributed by atoms with Crippen LogP contribution in [0, 0.1) is 5.41 Å². The fourth-order valence-corrected chi connectivity index (χ4v) is 1.80. The normalized spacial score (nSPS) is 11.0. The van der Waals surface area contributed by atoms with E-state index < -0.39 is 0 Å². The van der Waals surface area contributed by atoms with Gasteiger partial charge in [-0.3, -0.25) is 4.68 Å². The molecule has 0 bridgehead atoms. The Morgan fingerprint density at radius 3 is 2.44 bits per heavy atom. The van der Waals surface area contributed by atoms with Crippen molar-refractivity contribution in [2.24, 2.45) is 18.2 Å². The minimum atomic E-state index is 0. The number of rotatable bonds is 6. The number of aryl methyl sites for hydroxylation is 1. The summed E-state index contributed by atoms with van der Waals surface area (Å²) in [7, 11) is 4.10. The molecule has 0 atom stereocenters. The van der Waals surface area contributed by atoms with Gasteiger partial charge in [0.2, 0.25) is 0 Å². The Morgan fingerprint density at radius 2 is 2.00 bits per heavy atom. The minimum absolute atomic E-state index is 0. The standard InChI is InChI=1S/C12H24N4.2ClH/c1-12(2,9-13)10-15(3)6-5-11-7-14-16(4)8-11;;/h7-8H,5-6,9-10,13H2,1-4H3;2*1H. The van der Waals surface area contributed by atoms with Crippen LogP contribution in [-0.2, 0) is 13.5 Å². The van der Waals surface area contributed by atoms with Crippen molar-refractivity contribution in [3.8, 4) is 0 Å². The molecule has 0 amide bonds. The van der Waals surface area contributed by atoms with Crippen molar-refractivity contribution in [2.45, 2.75) is 20.3 Å². The SMILES string of the molecule is CN(CCc1cnn(C)c1)CC(C)(C)CN.Cl.Cl. The second kappa shape index (κ2) is 8.75. The molecule has 0 saturated heterocycles. The van der Waals surface area contributed by atoms with Gasteiger partial charge in [0.25, 0.3) is 0 Å². The molecule has 0 aliphatic heterocycles. The molecule has 1 heterocycles. The first-order chi connectivity index (χ1) is 7.43. The molecule has 6 heteroatoms. The van der Waals surface area contributed by atoms with Crippen LogP contribution in [0.5, 0.6) is 0 Å². The first-order valence-electron chi connectivity index (χ1n) is 5.79. The Balaban J connectivity index is 0. The fourth-order valence-electron chi connectivity index (χ4n) is 1.80. The van der Waals surface area contributed by atoms with Crippen molar-refractivity contribution in [3.05, 3.63) is 18.0 Å². The first-order valence-corrected chi connectivity index (χ1v) is 5.79. The average Bonchev–Trinajstić information content (AvgIpc) is 2.61. The lowest BCUT2D eigenvalue weighted by Gasteiger charge is -2.28. The largest absolute Gasteiger partial charge is 0.330 e. The number of halogens is 2. The summed E-state index contributed by atoms with van der Waals surface area (Å²) in [6.07, 6.45) is 5.05. The highest BCUT2D eigenvalue weighted by molar-refractivity contribution is 5.85. The zero-order chi connectivity index (χ0) is 12.2. The van der Waals surface area contributed by atoms with Crippen molar-refractivity contribution in [1.29, 1.82) is 0 Å². The van der Waals surface area contributed by atoms with Gasteiger partial charge in [-0.05, 0) is 31.0 Å². The van der Waals surface area contributed by atoms with E-state index in [1.54, 1.807) is 0 Å². The molecule has 0 saturated carbocycles. The van der Waals surface area contributed by atoms with Crippen molar-refractivity contribution >= 4 is 24.8 Å². The molecule has 0 radical (unpaired) electrons. The van der Waals surface area contributed by atoms with E-state index in [1.165, 1.54) is 5.56 Å². The third-order valence-corrected chi connectivity index (χ3v) is 2.79. The van der Waals surface area contributed by atoms with Crippen LogP contribution in [0.4, 0.5) is 0 Å². The van der Waals surface area contributed by atoms with Crippen LogP contribution in [0.25, 0.3) is 0 Å². The zero-order valence-electron chi connectivity index (χ0n) is 11.7. The average molecular weight is 297 g/mol. The number of aromatic nitrogens is 2. The highest BCUT2D eigenvalue weighted by atomic mass is 35.5. The molecule has 4 nitrogen and oxygen atoms in total. The monoisotopic (exact) mass is 296 g/mol. The van der Waals surface area contributed by atoms with Crippen LogP contribution < -0.4 is 5.73 Å². The predicted molar refractivity (Wildman–Crippen MR) is 81.7 cm³/mol. The Bertz CT molecular complexity index is 326. The number of nitrogens with two attached hydrogens (primary N) is 1. The summed E-state index contributed by atoms with van der Waals surface area (Å²) >= 11 is 0. The predicted octanol–water partition coefficient (Wildman–Crippen LogP) is 1.72. The Kier molecular flexibility index (Phi) is 9.74. The molecular weight excluding hydrogens is 271 g/mol. The summed E-state index contributed by atoms with van der Waals surface area (Å²) < 4.78 is 1.85. The summed E-state index contributed by atoms with van der Waals surface area (Å²) in [6, 6.07) is 0. The lowest BCUT2D eigenvalue weighted by atomic mass is 9.93. The maximum atomic E-state index is 5.73. The molecular formula is C12H26Cl2N4. The summed E-state index contributed by atoms with van der Waals surface area (Å²) in [5, 5.41) is 4.16. The molecule has 108 valence electrons. The molecule has 0 spiro atoms. The van der Waals surface area contributed by atoms with Crippen LogP contribution in [0.1, 0.15) is 19.4 Å². The van der Waals surface area contributed by atoms with E-state index in [0.717, 1.165) is 26.1 Å². The number of hydrogen-bond donors (Lipinski definition) is 1. The summed E-state index contributed by atoms with van der Waals surface area (Å²) in [5.41, 5.74) is 7.21. The molecule has 1 aromatic rings.